The fourth-order valence-corrected chi connectivity index (χ4v) is 7.23. The summed E-state index contributed by atoms with van der Waals surface area (Å²) in [4.78, 5) is 38.5. The summed E-state index contributed by atoms with van der Waals surface area (Å²) in [5, 5.41) is 0. The van der Waals surface area contributed by atoms with Gasteiger partial charge in [-0.1, -0.05) is 13.8 Å². The van der Waals surface area contributed by atoms with E-state index in [1.807, 2.05) is 20.9 Å². The molecule has 222 valence electrons. The lowest BCUT2D eigenvalue weighted by Gasteiger charge is -2.31. The van der Waals surface area contributed by atoms with E-state index in [-0.39, 0.29) is 72.2 Å². The number of likely N-dealkylation sites (N-methyl/N-ethyl adjacent to an activating group) is 1. The lowest BCUT2D eigenvalue weighted by molar-refractivity contribution is -0.144. The molecule has 13 heteroatoms. The Balaban J connectivity index is 0.00000194. The summed E-state index contributed by atoms with van der Waals surface area (Å²) in [5.41, 5.74) is 1.37. The minimum atomic E-state index is -4.60. The zero-order valence-corrected chi connectivity index (χ0v) is 25.4. The summed E-state index contributed by atoms with van der Waals surface area (Å²) in [5.74, 6) is -0.853. The van der Waals surface area contributed by atoms with Crippen LogP contribution in [-0.2, 0) is 33.5 Å². The maximum absolute atomic E-state index is 13.8. The van der Waals surface area contributed by atoms with E-state index in [0.29, 0.717) is 46.5 Å². The molecule has 3 atom stereocenters. The van der Waals surface area contributed by atoms with Crippen molar-refractivity contribution in [2.75, 3.05) is 26.7 Å². The zero-order chi connectivity index (χ0) is 27.9. The topological polar surface area (TPSA) is 75.6 Å². The van der Waals surface area contributed by atoms with Gasteiger partial charge in [0.15, 0.2) is 0 Å². The molecule has 0 spiro atoms. The zero-order valence-electron chi connectivity index (χ0n) is 22.9. The first-order valence-corrected chi connectivity index (χ1v) is 13.8. The number of fused-ring (bicyclic) bond motifs is 2. The summed E-state index contributed by atoms with van der Waals surface area (Å²) in [6.07, 6.45) is -2.78. The molecule has 2 saturated heterocycles. The first kappa shape index (κ1) is 31.6. The number of rotatable bonds is 5. The molecule has 3 aromatic heterocycles. The molecule has 2 amide bonds. The molecular weight excluding hydrogens is 600 g/mol. The van der Waals surface area contributed by atoms with Gasteiger partial charge in [0, 0.05) is 36.1 Å². The molecule has 0 bridgehead atoms. The highest BCUT2D eigenvalue weighted by atomic mass is 35.5. The van der Waals surface area contributed by atoms with Crippen molar-refractivity contribution < 1.29 is 27.5 Å². The average Bonchev–Trinajstić information content (AvgIpc) is 3.09. The van der Waals surface area contributed by atoms with Crippen LogP contribution >= 0.6 is 36.2 Å². The van der Waals surface area contributed by atoms with E-state index >= 15 is 0 Å². The number of halogens is 5. The highest BCUT2D eigenvalue weighted by Gasteiger charge is 2.72. The molecule has 5 heterocycles. The van der Waals surface area contributed by atoms with Gasteiger partial charge in [0.25, 0.3) is 0 Å². The Morgan fingerprint density at radius 2 is 1.83 bits per heavy atom. The van der Waals surface area contributed by atoms with E-state index in [9.17, 15) is 22.8 Å². The third kappa shape index (κ3) is 5.47. The number of imide groups is 1. The fraction of sp³-hybridized carbons (Fsp3) is 0.500. The number of carbonyl (C=O) groups excluding carboxylic acids is 2. The number of aryl methyl sites for hydroxylation is 1. The molecule has 0 aromatic carbocycles. The molecule has 7 nitrogen and oxygen atoms in total. The van der Waals surface area contributed by atoms with Crippen molar-refractivity contribution in [2.24, 2.45) is 17.3 Å². The summed E-state index contributed by atoms with van der Waals surface area (Å²) < 4.78 is 48.1. The van der Waals surface area contributed by atoms with E-state index in [4.69, 9.17) is 4.74 Å². The molecule has 3 fully saturated rings. The fourth-order valence-electron chi connectivity index (χ4n) is 6.11. The Kier molecular flexibility index (Phi) is 8.54. The molecule has 3 aliphatic rings. The first-order chi connectivity index (χ1) is 18.4. The number of amides is 2. The number of hydrogen-bond acceptors (Lipinski definition) is 7. The second kappa shape index (κ2) is 11.1. The van der Waals surface area contributed by atoms with E-state index in [1.165, 1.54) is 16.2 Å². The van der Waals surface area contributed by atoms with Crippen LogP contribution < -0.4 is 0 Å². The second-order valence-corrected chi connectivity index (χ2v) is 12.6. The summed E-state index contributed by atoms with van der Waals surface area (Å²) in [6.45, 7) is 7.71. The molecule has 2 unspecified atom stereocenters. The van der Waals surface area contributed by atoms with Crippen molar-refractivity contribution in [1.29, 1.82) is 0 Å². The van der Waals surface area contributed by atoms with Crippen LogP contribution in [0.15, 0.2) is 24.4 Å². The number of ether oxygens (including phenoxy) is 1. The van der Waals surface area contributed by atoms with Gasteiger partial charge >= 0.3 is 6.18 Å². The van der Waals surface area contributed by atoms with E-state index in [2.05, 4.69) is 14.9 Å². The molecule has 2 aliphatic heterocycles. The molecule has 1 saturated carbocycles. The van der Waals surface area contributed by atoms with Crippen molar-refractivity contribution in [3.8, 4) is 11.3 Å². The van der Waals surface area contributed by atoms with Gasteiger partial charge < -0.3 is 9.64 Å². The van der Waals surface area contributed by atoms with Crippen molar-refractivity contribution in [1.82, 2.24) is 19.8 Å². The molecular formula is C28H31Cl2F3N4O3S. The number of alkyl halides is 3. The van der Waals surface area contributed by atoms with Gasteiger partial charge in [-0.15, -0.1) is 36.2 Å². The molecule has 0 radical (unpaired) electrons. The largest absolute Gasteiger partial charge is 0.433 e. The monoisotopic (exact) mass is 630 g/mol. The molecule has 41 heavy (non-hydrogen) atoms. The number of piperidine rings is 1. The van der Waals surface area contributed by atoms with Gasteiger partial charge in [-0.2, -0.15) is 13.2 Å². The second-order valence-electron chi connectivity index (χ2n) is 11.4. The van der Waals surface area contributed by atoms with Crippen LogP contribution in [0.3, 0.4) is 0 Å². The Hall–Kier alpha value is -2.31. The van der Waals surface area contributed by atoms with Gasteiger partial charge in [0.2, 0.25) is 11.8 Å². The van der Waals surface area contributed by atoms with Crippen molar-refractivity contribution >= 4 is 58.2 Å². The number of hydrogen-bond donors (Lipinski definition) is 0. The predicted molar refractivity (Wildman–Crippen MR) is 154 cm³/mol. The van der Waals surface area contributed by atoms with Crippen LogP contribution in [0.25, 0.3) is 21.5 Å². The van der Waals surface area contributed by atoms with Crippen LogP contribution in [0.1, 0.15) is 35.5 Å². The van der Waals surface area contributed by atoms with Gasteiger partial charge in [-0.05, 0) is 48.7 Å². The summed E-state index contributed by atoms with van der Waals surface area (Å²) >= 11 is 1.33. The lowest BCUT2D eigenvalue weighted by atomic mass is 9.95. The van der Waals surface area contributed by atoms with Crippen LogP contribution in [0, 0.1) is 24.2 Å². The van der Waals surface area contributed by atoms with Crippen molar-refractivity contribution in [2.45, 2.75) is 46.0 Å². The Bertz CT molecular complexity index is 1490. The highest BCUT2D eigenvalue weighted by molar-refractivity contribution is 7.19. The van der Waals surface area contributed by atoms with Gasteiger partial charge in [-0.3, -0.25) is 19.5 Å². The van der Waals surface area contributed by atoms with Crippen molar-refractivity contribution in [3.63, 3.8) is 0 Å². The normalized spacial score (nSPS) is 23.8. The van der Waals surface area contributed by atoms with Gasteiger partial charge in [-0.25, -0.2) is 4.98 Å². The van der Waals surface area contributed by atoms with Crippen LogP contribution in [-0.4, -0.2) is 64.4 Å². The minimum absolute atomic E-state index is 0. The standard InChI is InChI=1S/C28H29F3N4O3S.2ClH/c1-14-9-20(28(29,30)31)33-23(18(14)10-15-12-34(4)7-8-38-15)17-5-6-32-19-11-16(39-24(17)19)13-35-25(36)21-22(26(35)37)27(21,2)3;;/h5-6,9,11,15,21-22H,7-8,10,12-13H2,1-4H3;2*1H/t15-,21?,22?;;/m0../s1. The van der Waals surface area contributed by atoms with E-state index < -0.39 is 11.9 Å². The molecule has 0 N–H and O–H groups in total. The minimum Gasteiger partial charge on any atom is -0.375 e. The summed E-state index contributed by atoms with van der Waals surface area (Å²) in [7, 11) is 1.99. The maximum Gasteiger partial charge on any atom is 0.433 e. The summed E-state index contributed by atoms with van der Waals surface area (Å²) in [6, 6.07) is 4.59. The number of nitrogens with zero attached hydrogens (tertiary/aromatic N) is 4. The predicted octanol–water partition coefficient (Wildman–Crippen LogP) is 5.54. The number of aromatic nitrogens is 2. The number of likely N-dealkylation sites (tertiary alicyclic amines) is 1. The maximum atomic E-state index is 13.8. The van der Waals surface area contributed by atoms with E-state index in [0.717, 1.165) is 17.5 Å². The molecule has 1 aliphatic carbocycles. The van der Waals surface area contributed by atoms with Crippen LogP contribution in [0.4, 0.5) is 13.2 Å². The molecule has 6 rings (SSSR count). The number of pyridine rings is 2. The Morgan fingerprint density at radius 1 is 1.15 bits per heavy atom. The van der Waals surface area contributed by atoms with Crippen molar-refractivity contribution in [3.05, 3.63) is 46.1 Å². The third-order valence-corrected chi connectivity index (χ3v) is 9.48. The van der Waals surface area contributed by atoms with Crippen LogP contribution in [0.5, 0.6) is 0 Å². The lowest BCUT2D eigenvalue weighted by Crippen LogP contribution is -2.41. The van der Waals surface area contributed by atoms with Crippen LogP contribution in [0.2, 0.25) is 0 Å². The van der Waals surface area contributed by atoms with Gasteiger partial charge in [0.05, 0.1) is 47.0 Å². The Morgan fingerprint density at radius 3 is 2.46 bits per heavy atom. The average molecular weight is 632 g/mol. The van der Waals surface area contributed by atoms with E-state index in [1.54, 1.807) is 25.3 Å². The smallest absolute Gasteiger partial charge is 0.375 e. The SMILES string of the molecule is Cc1cc(C(F)(F)F)nc(-c2ccnc3cc(CN4C(=O)C5C(C4=O)C5(C)C)sc23)c1C[C@H]1CN(C)CCO1.Cl.Cl. The Labute approximate surface area is 252 Å². The molecule has 3 aromatic rings. The third-order valence-electron chi connectivity index (χ3n) is 8.33. The number of carbonyl (C=O) groups is 2. The first-order valence-electron chi connectivity index (χ1n) is 13.0. The quantitative estimate of drug-likeness (QED) is 0.345. The number of morpholine rings is 1. The number of thiophene rings is 1. The van der Waals surface area contributed by atoms with Gasteiger partial charge in [0.1, 0.15) is 5.69 Å². The highest BCUT2D eigenvalue weighted by Crippen LogP contribution is 2.63.